The number of ether oxygens (including phenoxy) is 3. The lowest BCUT2D eigenvalue weighted by Crippen LogP contribution is -2.65. The average Bonchev–Trinajstić information content (AvgIpc) is 3.25. The highest BCUT2D eigenvalue weighted by Gasteiger charge is 2.40. The van der Waals surface area contributed by atoms with E-state index < -0.39 is 12.2 Å². The molecule has 6 rings (SSSR count). The number of carbonyl (C=O) groups excluding carboxylic acids is 2. The minimum absolute atomic E-state index is 0.100. The fraction of sp³-hybridized carbons (Fsp3) is 0.517. The fourth-order valence-electron chi connectivity index (χ4n) is 6.43. The number of nitrogens with zero attached hydrogens (tertiary/aromatic N) is 2. The van der Waals surface area contributed by atoms with Crippen LogP contribution in [-0.2, 0) is 27.2 Å². The zero-order valence-electron chi connectivity index (χ0n) is 21.8. The number of aliphatic hydroxyl groups is 2. The summed E-state index contributed by atoms with van der Waals surface area (Å²) in [5.41, 5.74) is 5.50. The molecule has 2 fully saturated rings. The number of rotatable bonds is 6. The zero-order chi connectivity index (χ0) is 26.6. The first-order valence-corrected chi connectivity index (χ1v) is 13.3. The lowest BCUT2D eigenvalue weighted by molar-refractivity contribution is -0.113. The van der Waals surface area contributed by atoms with E-state index in [4.69, 9.17) is 14.2 Å². The van der Waals surface area contributed by atoms with Crippen molar-refractivity contribution in [3.8, 4) is 0 Å². The number of carbonyl (C=O) groups is 2. The van der Waals surface area contributed by atoms with E-state index in [2.05, 4.69) is 9.80 Å². The normalized spacial score (nSPS) is 26.8. The van der Waals surface area contributed by atoms with Crippen LogP contribution in [0.15, 0.2) is 30.3 Å². The number of cyclic esters (lactones) is 2. The summed E-state index contributed by atoms with van der Waals surface area (Å²) < 4.78 is 16.3. The number of hydrogen-bond donors (Lipinski definition) is 2. The Bertz CT molecular complexity index is 1250. The summed E-state index contributed by atoms with van der Waals surface area (Å²) in [6.07, 6.45) is -0.884. The number of esters is 2. The van der Waals surface area contributed by atoms with Crippen LogP contribution in [0.5, 0.6) is 0 Å². The Balaban J connectivity index is 1.12. The van der Waals surface area contributed by atoms with Crippen molar-refractivity contribution in [3.05, 3.63) is 69.3 Å². The summed E-state index contributed by atoms with van der Waals surface area (Å²) >= 11 is 0. The van der Waals surface area contributed by atoms with Gasteiger partial charge in [0.2, 0.25) is 0 Å². The molecular formula is C29H34N2O7. The third-order valence-electron chi connectivity index (χ3n) is 8.43. The van der Waals surface area contributed by atoms with E-state index in [-0.39, 0.29) is 36.7 Å². The van der Waals surface area contributed by atoms with E-state index in [1.807, 2.05) is 32.0 Å². The van der Waals surface area contributed by atoms with Crippen molar-refractivity contribution in [3.63, 3.8) is 0 Å². The molecule has 2 saturated heterocycles. The number of fused-ring (bicyclic) bond motifs is 4. The SMILES string of the molecule is Cc1c([C@@H](O)CN2C3COCC2CN(CC(O)c2ccc4c(c2)C[C@H](C)OC4=O)C3)ccc2c1COC2=O. The second kappa shape index (κ2) is 10.1. The molecule has 202 valence electrons. The quantitative estimate of drug-likeness (QED) is 0.550. The topological polar surface area (TPSA) is 109 Å². The maximum absolute atomic E-state index is 12.1. The van der Waals surface area contributed by atoms with Crippen molar-refractivity contribution >= 4 is 11.9 Å². The number of β-amino-alcohol motifs (C(OH)–C–C–N with tert-alkyl or cyclic N) is 1. The van der Waals surface area contributed by atoms with Gasteiger partial charge in [0.15, 0.2) is 0 Å². The van der Waals surface area contributed by atoms with Gasteiger partial charge in [-0.05, 0) is 48.2 Å². The van der Waals surface area contributed by atoms with E-state index >= 15 is 0 Å². The molecule has 38 heavy (non-hydrogen) atoms. The molecule has 4 aliphatic heterocycles. The lowest BCUT2D eigenvalue weighted by atomic mass is 9.93. The van der Waals surface area contributed by atoms with Crippen LogP contribution < -0.4 is 0 Å². The molecule has 0 saturated carbocycles. The summed E-state index contributed by atoms with van der Waals surface area (Å²) in [6.45, 7) is 7.62. The largest absolute Gasteiger partial charge is 0.459 e. The van der Waals surface area contributed by atoms with Crippen molar-refractivity contribution < 1.29 is 34.0 Å². The Labute approximate surface area is 221 Å². The van der Waals surface area contributed by atoms with E-state index in [1.165, 1.54) is 0 Å². The van der Waals surface area contributed by atoms with Crippen molar-refractivity contribution in [1.82, 2.24) is 9.80 Å². The monoisotopic (exact) mass is 522 g/mol. The van der Waals surface area contributed by atoms with Crippen LogP contribution in [0.1, 0.15) is 67.7 Å². The Kier molecular flexibility index (Phi) is 6.74. The maximum atomic E-state index is 12.1. The number of piperazine rings is 1. The predicted molar refractivity (Wildman–Crippen MR) is 137 cm³/mol. The molecule has 3 unspecified atom stereocenters. The summed E-state index contributed by atoms with van der Waals surface area (Å²) in [6, 6.07) is 9.30. The lowest BCUT2D eigenvalue weighted by Gasteiger charge is -2.50. The summed E-state index contributed by atoms with van der Waals surface area (Å²) in [5, 5.41) is 22.3. The molecule has 0 aromatic heterocycles. The van der Waals surface area contributed by atoms with Gasteiger partial charge < -0.3 is 24.4 Å². The first-order chi connectivity index (χ1) is 18.3. The number of benzene rings is 2. The molecule has 4 heterocycles. The van der Waals surface area contributed by atoms with Gasteiger partial charge in [0.25, 0.3) is 0 Å². The molecule has 0 radical (unpaired) electrons. The molecule has 2 aromatic carbocycles. The van der Waals surface area contributed by atoms with Gasteiger partial charge in [-0.2, -0.15) is 0 Å². The molecule has 0 spiro atoms. The molecule has 2 aromatic rings. The highest BCUT2D eigenvalue weighted by molar-refractivity contribution is 5.94. The van der Waals surface area contributed by atoms with E-state index in [0.29, 0.717) is 43.9 Å². The van der Waals surface area contributed by atoms with Crippen molar-refractivity contribution in [2.45, 2.75) is 57.3 Å². The summed E-state index contributed by atoms with van der Waals surface area (Å²) in [7, 11) is 0. The Hall–Kier alpha value is -2.82. The molecule has 4 aliphatic rings. The second-order valence-electron chi connectivity index (χ2n) is 11.0. The van der Waals surface area contributed by atoms with Gasteiger partial charge in [-0.15, -0.1) is 0 Å². The van der Waals surface area contributed by atoms with Gasteiger partial charge in [0.05, 0.1) is 36.5 Å². The van der Waals surface area contributed by atoms with Crippen LogP contribution >= 0.6 is 0 Å². The molecule has 5 atom stereocenters. The summed E-state index contributed by atoms with van der Waals surface area (Å²) in [5.74, 6) is -0.607. The first-order valence-electron chi connectivity index (χ1n) is 13.3. The number of aliphatic hydroxyl groups excluding tert-OH is 2. The molecule has 9 nitrogen and oxygen atoms in total. The van der Waals surface area contributed by atoms with Crippen molar-refractivity contribution in [2.75, 3.05) is 39.4 Å². The van der Waals surface area contributed by atoms with Crippen LogP contribution in [0.3, 0.4) is 0 Å². The fourth-order valence-corrected chi connectivity index (χ4v) is 6.43. The molecular weight excluding hydrogens is 488 g/mol. The van der Waals surface area contributed by atoms with Gasteiger partial charge in [0.1, 0.15) is 12.7 Å². The Morgan fingerprint density at radius 2 is 1.71 bits per heavy atom. The van der Waals surface area contributed by atoms with Crippen LogP contribution in [0, 0.1) is 6.92 Å². The molecule has 2 bridgehead atoms. The van der Waals surface area contributed by atoms with Crippen LogP contribution in [0.4, 0.5) is 0 Å². The predicted octanol–water partition coefficient (Wildman–Crippen LogP) is 1.92. The van der Waals surface area contributed by atoms with Gasteiger partial charge in [-0.3, -0.25) is 9.80 Å². The van der Waals surface area contributed by atoms with Gasteiger partial charge in [-0.25, -0.2) is 9.59 Å². The highest BCUT2D eigenvalue weighted by atomic mass is 16.5. The molecule has 0 amide bonds. The zero-order valence-corrected chi connectivity index (χ0v) is 21.8. The van der Waals surface area contributed by atoms with Crippen LogP contribution in [0.2, 0.25) is 0 Å². The van der Waals surface area contributed by atoms with Gasteiger partial charge in [0, 0.05) is 50.2 Å². The minimum atomic E-state index is -0.694. The molecule has 9 heteroatoms. The smallest absolute Gasteiger partial charge is 0.338 e. The van der Waals surface area contributed by atoms with Gasteiger partial charge >= 0.3 is 11.9 Å². The van der Waals surface area contributed by atoms with Crippen LogP contribution in [0.25, 0.3) is 0 Å². The first kappa shape index (κ1) is 25.5. The van der Waals surface area contributed by atoms with E-state index in [0.717, 1.165) is 40.9 Å². The van der Waals surface area contributed by atoms with Crippen molar-refractivity contribution in [1.29, 1.82) is 0 Å². The molecule has 2 N–H and O–H groups in total. The van der Waals surface area contributed by atoms with E-state index in [9.17, 15) is 19.8 Å². The summed E-state index contributed by atoms with van der Waals surface area (Å²) in [4.78, 5) is 28.6. The van der Waals surface area contributed by atoms with Crippen molar-refractivity contribution in [2.24, 2.45) is 0 Å². The van der Waals surface area contributed by atoms with E-state index in [1.54, 1.807) is 12.1 Å². The standard InChI is InChI=1S/C29H34N2O7/c1-16-7-19-8-18(3-4-23(19)29(35)38-16)26(32)11-30-9-20-13-36-14-21(10-30)31(20)12-27(33)22-5-6-24-25(17(22)2)15-37-28(24)34/h3-6,8,16,20-21,26-27,32-33H,7,9-15H2,1-2H3/t16-,20?,21?,26?,27-/m0/s1. The molecule has 0 aliphatic carbocycles. The average molecular weight is 523 g/mol. The van der Waals surface area contributed by atoms with Gasteiger partial charge in [-0.1, -0.05) is 18.2 Å². The third-order valence-corrected chi connectivity index (χ3v) is 8.43. The Morgan fingerprint density at radius 1 is 0.974 bits per heavy atom. The Morgan fingerprint density at radius 3 is 2.47 bits per heavy atom. The third kappa shape index (κ3) is 4.63. The number of hydrogen-bond acceptors (Lipinski definition) is 9. The van der Waals surface area contributed by atoms with Crippen LogP contribution in [-0.4, -0.2) is 89.5 Å². The number of morpholine rings is 1. The maximum Gasteiger partial charge on any atom is 0.338 e. The highest BCUT2D eigenvalue weighted by Crippen LogP contribution is 2.32. The minimum Gasteiger partial charge on any atom is -0.459 e. The second-order valence-corrected chi connectivity index (χ2v) is 11.0.